The van der Waals surface area contributed by atoms with Crippen LogP contribution in [-0.2, 0) is 17.7 Å². The maximum absolute atomic E-state index is 5.36. The Labute approximate surface area is 102 Å². The molecule has 1 saturated heterocycles. The maximum Gasteiger partial charge on any atom is 0.0469 e. The lowest BCUT2D eigenvalue weighted by Crippen LogP contribution is -2.27. The largest absolute Gasteiger partial charge is 0.381 e. The van der Waals surface area contributed by atoms with E-state index in [1.54, 1.807) is 0 Å². The van der Waals surface area contributed by atoms with Gasteiger partial charge in [-0.2, -0.15) is 0 Å². The van der Waals surface area contributed by atoms with Gasteiger partial charge >= 0.3 is 0 Å². The third kappa shape index (κ3) is 3.30. The van der Waals surface area contributed by atoms with Crippen LogP contribution in [0, 0.1) is 5.92 Å². The van der Waals surface area contributed by atoms with Gasteiger partial charge in [-0.3, -0.25) is 0 Å². The Balaban J connectivity index is 1.71. The number of nitrogens with one attached hydrogen (secondary N) is 1. The molecule has 90 valence electrons. The first-order valence-electron chi connectivity index (χ1n) is 6.24. The van der Waals surface area contributed by atoms with E-state index >= 15 is 0 Å². The third-order valence-electron chi connectivity index (χ3n) is 3.28. The van der Waals surface area contributed by atoms with Crippen LogP contribution in [0.2, 0.25) is 0 Å². The number of hydrogen-bond acceptors (Lipinski definition) is 3. The molecule has 0 amide bonds. The standard InChI is InChI=1S/C13H21NOS/c1-2-12-5-8-16-13(12)10-14-9-11-3-6-15-7-4-11/h5,8,11,14H,2-4,6-7,9-10H2,1H3. The molecular formula is C13H21NOS. The van der Waals surface area contributed by atoms with E-state index in [1.807, 2.05) is 11.3 Å². The van der Waals surface area contributed by atoms with Crippen molar-refractivity contribution in [2.45, 2.75) is 32.7 Å². The Hall–Kier alpha value is -0.380. The van der Waals surface area contributed by atoms with Gasteiger partial charge in [-0.15, -0.1) is 11.3 Å². The summed E-state index contributed by atoms with van der Waals surface area (Å²) in [6.45, 7) is 6.31. The van der Waals surface area contributed by atoms with Crippen molar-refractivity contribution in [3.63, 3.8) is 0 Å². The highest BCUT2D eigenvalue weighted by Gasteiger charge is 2.13. The van der Waals surface area contributed by atoms with Crippen molar-refractivity contribution in [2.75, 3.05) is 19.8 Å². The van der Waals surface area contributed by atoms with Crippen molar-refractivity contribution in [1.29, 1.82) is 0 Å². The molecule has 1 fully saturated rings. The van der Waals surface area contributed by atoms with Gasteiger partial charge in [0.1, 0.15) is 0 Å². The van der Waals surface area contributed by atoms with Crippen LogP contribution in [0.3, 0.4) is 0 Å². The molecule has 0 aliphatic carbocycles. The smallest absolute Gasteiger partial charge is 0.0469 e. The molecule has 0 saturated carbocycles. The second-order valence-corrected chi connectivity index (χ2v) is 5.41. The van der Waals surface area contributed by atoms with Gasteiger partial charge < -0.3 is 10.1 Å². The molecule has 2 rings (SSSR count). The molecule has 0 atom stereocenters. The molecule has 0 spiro atoms. The first-order valence-corrected chi connectivity index (χ1v) is 7.11. The van der Waals surface area contributed by atoms with Gasteiger partial charge in [0.25, 0.3) is 0 Å². The normalized spacial score (nSPS) is 17.8. The summed E-state index contributed by atoms with van der Waals surface area (Å²) in [5.74, 6) is 0.818. The molecule has 0 unspecified atom stereocenters. The van der Waals surface area contributed by atoms with Crippen molar-refractivity contribution in [1.82, 2.24) is 5.32 Å². The fourth-order valence-corrected chi connectivity index (χ4v) is 3.12. The zero-order chi connectivity index (χ0) is 11.2. The maximum atomic E-state index is 5.36. The van der Waals surface area contributed by atoms with E-state index in [2.05, 4.69) is 23.7 Å². The van der Waals surface area contributed by atoms with Crippen LogP contribution in [0.5, 0.6) is 0 Å². The van der Waals surface area contributed by atoms with Gasteiger partial charge in [-0.25, -0.2) is 0 Å². The highest BCUT2D eigenvalue weighted by Crippen LogP contribution is 2.18. The topological polar surface area (TPSA) is 21.3 Å². The quantitative estimate of drug-likeness (QED) is 0.853. The van der Waals surface area contributed by atoms with Crippen LogP contribution in [-0.4, -0.2) is 19.8 Å². The summed E-state index contributed by atoms with van der Waals surface area (Å²) >= 11 is 1.87. The summed E-state index contributed by atoms with van der Waals surface area (Å²) in [5, 5.41) is 5.79. The Morgan fingerprint density at radius 1 is 1.44 bits per heavy atom. The Morgan fingerprint density at radius 3 is 3.00 bits per heavy atom. The molecule has 1 aliphatic rings. The van der Waals surface area contributed by atoms with Crippen molar-refractivity contribution in [3.8, 4) is 0 Å². The summed E-state index contributed by atoms with van der Waals surface area (Å²) in [5.41, 5.74) is 1.50. The molecule has 16 heavy (non-hydrogen) atoms. The predicted octanol–water partition coefficient (Wildman–Crippen LogP) is 2.83. The summed E-state index contributed by atoms with van der Waals surface area (Å²) < 4.78 is 5.36. The highest BCUT2D eigenvalue weighted by atomic mass is 32.1. The van der Waals surface area contributed by atoms with Crippen LogP contribution in [0.4, 0.5) is 0 Å². The fourth-order valence-electron chi connectivity index (χ4n) is 2.18. The van der Waals surface area contributed by atoms with Crippen molar-refractivity contribution in [2.24, 2.45) is 5.92 Å². The monoisotopic (exact) mass is 239 g/mol. The third-order valence-corrected chi connectivity index (χ3v) is 4.24. The van der Waals surface area contributed by atoms with E-state index in [0.29, 0.717) is 0 Å². The molecule has 0 aromatic carbocycles. The molecule has 1 aromatic rings. The average molecular weight is 239 g/mol. The van der Waals surface area contributed by atoms with Gasteiger partial charge in [0.05, 0.1) is 0 Å². The first kappa shape index (κ1) is 12.1. The lowest BCUT2D eigenvalue weighted by atomic mass is 10.0. The Kier molecular flexibility index (Phi) is 4.82. The van der Waals surface area contributed by atoms with E-state index in [1.165, 1.54) is 23.3 Å². The van der Waals surface area contributed by atoms with Gasteiger partial charge in [-0.1, -0.05) is 6.92 Å². The van der Waals surface area contributed by atoms with E-state index in [-0.39, 0.29) is 0 Å². The molecule has 1 aliphatic heterocycles. The zero-order valence-corrected chi connectivity index (χ0v) is 10.8. The molecule has 2 heterocycles. The van der Waals surface area contributed by atoms with Crippen LogP contribution in [0.15, 0.2) is 11.4 Å². The lowest BCUT2D eigenvalue weighted by Gasteiger charge is -2.22. The fraction of sp³-hybridized carbons (Fsp3) is 0.692. The van der Waals surface area contributed by atoms with Gasteiger partial charge in [0.2, 0.25) is 0 Å². The first-order chi connectivity index (χ1) is 7.90. The Bertz CT molecular complexity index is 305. The predicted molar refractivity (Wildman–Crippen MR) is 68.9 cm³/mol. The number of thiophene rings is 1. The second kappa shape index (κ2) is 6.38. The average Bonchev–Trinajstić information content (AvgIpc) is 2.78. The van der Waals surface area contributed by atoms with Crippen LogP contribution >= 0.6 is 11.3 Å². The van der Waals surface area contributed by atoms with Crippen molar-refractivity contribution in [3.05, 3.63) is 21.9 Å². The molecule has 3 heteroatoms. The van der Waals surface area contributed by atoms with Crippen molar-refractivity contribution < 1.29 is 4.74 Å². The van der Waals surface area contributed by atoms with Gasteiger partial charge in [-0.05, 0) is 48.7 Å². The zero-order valence-electron chi connectivity index (χ0n) is 10.00. The minimum absolute atomic E-state index is 0.818. The summed E-state index contributed by atoms with van der Waals surface area (Å²) in [4.78, 5) is 1.51. The van der Waals surface area contributed by atoms with E-state index < -0.39 is 0 Å². The number of ether oxygens (including phenoxy) is 1. The minimum atomic E-state index is 0.818. The van der Waals surface area contributed by atoms with Crippen LogP contribution in [0.25, 0.3) is 0 Å². The second-order valence-electron chi connectivity index (χ2n) is 4.41. The number of rotatable bonds is 5. The van der Waals surface area contributed by atoms with Crippen LogP contribution < -0.4 is 5.32 Å². The lowest BCUT2D eigenvalue weighted by molar-refractivity contribution is 0.0662. The van der Waals surface area contributed by atoms with E-state index in [9.17, 15) is 0 Å². The van der Waals surface area contributed by atoms with Crippen LogP contribution in [0.1, 0.15) is 30.2 Å². The summed E-state index contributed by atoms with van der Waals surface area (Å²) in [7, 11) is 0. The molecular weight excluding hydrogens is 218 g/mol. The minimum Gasteiger partial charge on any atom is -0.381 e. The molecule has 1 aromatic heterocycles. The van der Waals surface area contributed by atoms with Crippen molar-refractivity contribution >= 4 is 11.3 Å². The molecule has 0 bridgehead atoms. The molecule has 1 N–H and O–H groups in total. The summed E-state index contributed by atoms with van der Waals surface area (Å²) in [6.07, 6.45) is 3.59. The molecule has 2 nitrogen and oxygen atoms in total. The van der Waals surface area contributed by atoms with Gasteiger partial charge in [0, 0.05) is 24.6 Å². The highest BCUT2D eigenvalue weighted by molar-refractivity contribution is 7.10. The number of aryl methyl sites for hydroxylation is 1. The van der Waals surface area contributed by atoms with Gasteiger partial charge in [0.15, 0.2) is 0 Å². The van der Waals surface area contributed by atoms with E-state index in [0.717, 1.165) is 38.6 Å². The number of hydrogen-bond donors (Lipinski definition) is 1. The SMILES string of the molecule is CCc1ccsc1CNCC1CCOCC1. The Morgan fingerprint density at radius 2 is 2.25 bits per heavy atom. The van der Waals surface area contributed by atoms with E-state index in [4.69, 9.17) is 4.74 Å². The molecule has 0 radical (unpaired) electrons. The summed E-state index contributed by atoms with van der Waals surface area (Å²) in [6, 6.07) is 2.25.